The summed E-state index contributed by atoms with van der Waals surface area (Å²) in [6, 6.07) is 8.83. The van der Waals surface area contributed by atoms with Crippen molar-refractivity contribution in [2.45, 2.75) is 38.6 Å². The summed E-state index contributed by atoms with van der Waals surface area (Å²) in [6.07, 6.45) is 1.23. The van der Waals surface area contributed by atoms with Gasteiger partial charge >= 0.3 is 0 Å². The highest BCUT2D eigenvalue weighted by atomic mass is 15.1. The van der Waals surface area contributed by atoms with Crippen molar-refractivity contribution in [1.82, 2.24) is 5.32 Å². The van der Waals surface area contributed by atoms with Crippen molar-refractivity contribution >= 4 is 5.96 Å². The Balaban J connectivity index is 1.60. The van der Waals surface area contributed by atoms with E-state index in [1.807, 2.05) is 0 Å². The number of nitrogens with zero attached hydrogens (tertiary/aromatic N) is 1. The third-order valence-corrected chi connectivity index (χ3v) is 4.18. The summed E-state index contributed by atoms with van der Waals surface area (Å²) < 4.78 is 0. The number of hydrogen-bond acceptors (Lipinski definition) is 1. The molecule has 0 amide bonds. The molecular weight excluding hydrogens is 234 g/mol. The van der Waals surface area contributed by atoms with Crippen LogP contribution in [0.2, 0.25) is 0 Å². The maximum atomic E-state index is 5.92. The Hall–Kier alpha value is -1.51. The monoisotopic (exact) mass is 257 g/mol. The second kappa shape index (κ2) is 4.26. The second-order valence-electron chi connectivity index (χ2n) is 6.86. The lowest BCUT2D eigenvalue weighted by molar-refractivity contribution is 0.507. The lowest BCUT2D eigenvalue weighted by atomic mass is 10.0. The van der Waals surface area contributed by atoms with Crippen molar-refractivity contribution in [3.05, 3.63) is 35.4 Å². The van der Waals surface area contributed by atoms with Crippen LogP contribution in [-0.4, -0.2) is 18.0 Å². The standard InChI is InChI=1S/C16H23N3/c1-16(2,3)19-15(17)18-9-13-12-8-10-6-4-5-7-11(10)14(12)13/h4-7,12-14H,8-9H2,1-3H3,(H3,17,18,19). The van der Waals surface area contributed by atoms with Crippen LogP contribution in [0.5, 0.6) is 0 Å². The van der Waals surface area contributed by atoms with Crippen LogP contribution in [0.1, 0.15) is 37.8 Å². The summed E-state index contributed by atoms with van der Waals surface area (Å²) in [5.41, 5.74) is 9.00. The first-order chi connectivity index (χ1) is 8.96. The fourth-order valence-corrected chi connectivity index (χ4v) is 3.36. The van der Waals surface area contributed by atoms with Crippen LogP contribution in [0.25, 0.3) is 0 Å². The van der Waals surface area contributed by atoms with Gasteiger partial charge in [0.05, 0.1) is 0 Å². The minimum Gasteiger partial charge on any atom is -0.370 e. The predicted octanol–water partition coefficient (Wildman–Crippen LogP) is 2.28. The average molecular weight is 257 g/mol. The molecule has 1 saturated carbocycles. The highest BCUT2D eigenvalue weighted by molar-refractivity contribution is 5.78. The Bertz CT molecular complexity index is 513. The largest absolute Gasteiger partial charge is 0.370 e. The Morgan fingerprint density at radius 2 is 2.11 bits per heavy atom. The van der Waals surface area contributed by atoms with Gasteiger partial charge in [0.25, 0.3) is 0 Å². The van der Waals surface area contributed by atoms with Gasteiger partial charge in [-0.25, -0.2) is 0 Å². The van der Waals surface area contributed by atoms with Crippen LogP contribution in [0.15, 0.2) is 29.3 Å². The van der Waals surface area contributed by atoms with E-state index in [0.29, 0.717) is 11.9 Å². The molecule has 2 aliphatic rings. The highest BCUT2D eigenvalue weighted by Crippen LogP contribution is 2.61. The zero-order valence-corrected chi connectivity index (χ0v) is 12.0. The molecular formula is C16H23N3. The van der Waals surface area contributed by atoms with E-state index >= 15 is 0 Å². The van der Waals surface area contributed by atoms with E-state index in [-0.39, 0.29) is 5.54 Å². The van der Waals surface area contributed by atoms with E-state index in [0.717, 1.165) is 18.4 Å². The molecule has 3 unspecified atom stereocenters. The van der Waals surface area contributed by atoms with Gasteiger partial charge in [-0.05, 0) is 56.1 Å². The van der Waals surface area contributed by atoms with Gasteiger partial charge in [0.1, 0.15) is 0 Å². The van der Waals surface area contributed by atoms with Crippen molar-refractivity contribution in [2.75, 3.05) is 6.54 Å². The zero-order valence-electron chi connectivity index (χ0n) is 12.0. The SMILES string of the molecule is CC(C)(C)NC(N)=NCC1C2Cc3ccccc3C12. The lowest BCUT2D eigenvalue weighted by Crippen LogP contribution is -2.45. The summed E-state index contributed by atoms with van der Waals surface area (Å²) in [5, 5.41) is 3.21. The average Bonchev–Trinajstić information content (AvgIpc) is 2.84. The summed E-state index contributed by atoms with van der Waals surface area (Å²) in [7, 11) is 0. The van der Waals surface area contributed by atoms with Crippen LogP contribution in [-0.2, 0) is 6.42 Å². The molecule has 1 fully saturated rings. The summed E-state index contributed by atoms with van der Waals surface area (Å²) in [5.74, 6) is 2.83. The van der Waals surface area contributed by atoms with Gasteiger partial charge in [-0.1, -0.05) is 24.3 Å². The van der Waals surface area contributed by atoms with Crippen molar-refractivity contribution in [3.8, 4) is 0 Å². The third kappa shape index (κ3) is 2.46. The molecule has 1 aromatic rings. The van der Waals surface area contributed by atoms with Gasteiger partial charge in [0.15, 0.2) is 5.96 Å². The quantitative estimate of drug-likeness (QED) is 0.631. The number of fused-ring (bicyclic) bond motifs is 3. The van der Waals surface area contributed by atoms with Gasteiger partial charge in [-0.15, -0.1) is 0 Å². The molecule has 3 nitrogen and oxygen atoms in total. The van der Waals surface area contributed by atoms with E-state index in [1.165, 1.54) is 6.42 Å². The Labute approximate surface area is 115 Å². The highest BCUT2D eigenvalue weighted by Gasteiger charge is 2.54. The molecule has 0 saturated heterocycles. The number of nitrogens with one attached hydrogen (secondary N) is 1. The van der Waals surface area contributed by atoms with Crippen LogP contribution in [0.3, 0.4) is 0 Å². The van der Waals surface area contributed by atoms with Gasteiger partial charge in [-0.3, -0.25) is 4.99 Å². The van der Waals surface area contributed by atoms with E-state index < -0.39 is 0 Å². The third-order valence-electron chi connectivity index (χ3n) is 4.18. The molecule has 0 heterocycles. The van der Waals surface area contributed by atoms with Gasteiger partial charge < -0.3 is 11.1 Å². The van der Waals surface area contributed by atoms with Crippen molar-refractivity contribution in [3.63, 3.8) is 0 Å². The second-order valence-corrected chi connectivity index (χ2v) is 6.86. The van der Waals surface area contributed by atoms with Crippen LogP contribution in [0, 0.1) is 11.8 Å². The summed E-state index contributed by atoms with van der Waals surface area (Å²) >= 11 is 0. The molecule has 0 spiro atoms. The van der Waals surface area contributed by atoms with Crippen LogP contribution < -0.4 is 11.1 Å². The van der Waals surface area contributed by atoms with Crippen molar-refractivity contribution < 1.29 is 0 Å². The Morgan fingerprint density at radius 1 is 1.37 bits per heavy atom. The molecule has 19 heavy (non-hydrogen) atoms. The molecule has 2 aliphatic carbocycles. The van der Waals surface area contributed by atoms with Crippen molar-refractivity contribution in [1.29, 1.82) is 0 Å². The van der Waals surface area contributed by atoms with E-state index in [2.05, 4.69) is 55.3 Å². The summed E-state index contributed by atoms with van der Waals surface area (Å²) in [4.78, 5) is 4.51. The molecule has 3 N–H and O–H groups in total. The first-order valence-electron chi connectivity index (χ1n) is 7.11. The minimum atomic E-state index is -0.0143. The topological polar surface area (TPSA) is 50.4 Å². The molecule has 0 bridgehead atoms. The first-order valence-corrected chi connectivity index (χ1v) is 7.11. The van der Waals surface area contributed by atoms with Gasteiger partial charge in [0, 0.05) is 12.1 Å². The smallest absolute Gasteiger partial charge is 0.188 e. The lowest BCUT2D eigenvalue weighted by Gasteiger charge is -2.21. The molecule has 0 radical (unpaired) electrons. The fourth-order valence-electron chi connectivity index (χ4n) is 3.36. The number of rotatable bonds is 2. The maximum absolute atomic E-state index is 5.92. The maximum Gasteiger partial charge on any atom is 0.188 e. The molecule has 0 aliphatic heterocycles. The summed E-state index contributed by atoms with van der Waals surface area (Å²) in [6.45, 7) is 7.14. The number of hydrogen-bond donors (Lipinski definition) is 2. The Kier molecular flexibility index (Phi) is 2.80. The first kappa shape index (κ1) is 12.5. The normalized spacial score (nSPS) is 28.8. The van der Waals surface area contributed by atoms with E-state index in [9.17, 15) is 0 Å². The van der Waals surface area contributed by atoms with Gasteiger partial charge in [-0.2, -0.15) is 0 Å². The fraction of sp³-hybridized carbons (Fsp3) is 0.562. The molecule has 3 atom stereocenters. The Morgan fingerprint density at radius 3 is 2.84 bits per heavy atom. The number of aliphatic imine (C=N–C) groups is 1. The van der Waals surface area contributed by atoms with Gasteiger partial charge in [0.2, 0.25) is 0 Å². The van der Waals surface area contributed by atoms with E-state index in [1.54, 1.807) is 11.1 Å². The zero-order chi connectivity index (χ0) is 13.6. The minimum absolute atomic E-state index is 0.0143. The number of guanidine groups is 1. The predicted molar refractivity (Wildman–Crippen MR) is 79.2 cm³/mol. The number of benzene rings is 1. The molecule has 3 rings (SSSR count). The number of nitrogens with two attached hydrogens (primary N) is 1. The van der Waals surface area contributed by atoms with Crippen molar-refractivity contribution in [2.24, 2.45) is 22.6 Å². The molecule has 1 aromatic carbocycles. The van der Waals surface area contributed by atoms with E-state index in [4.69, 9.17) is 5.73 Å². The molecule has 102 valence electrons. The molecule has 3 heteroatoms. The molecule has 0 aromatic heterocycles. The van der Waals surface area contributed by atoms with Crippen LogP contribution >= 0.6 is 0 Å². The van der Waals surface area contributed by atoms with Crippen LogP contribution in [0.4, 0.5) is 0 Å².